The van der Waals surface area contributed by atoms with Gasteiger partial charge in [0.1, 0.15) is 17.5 Å². The number of ether oxygens (including phenoxy) is 1. The van der Waals surface area contributed by atoms with Gasteiger partial charge in [-0.2, -0.15) is 5.10 Å². The molecule has 0 fully saturated rings. The van der Waals surface area contributed by atoms with Crippen molar-refractivity contribution >= 4 is 17.3 Å². The maximum atomic E-state index is 5.35. The molecule has 0 unspecified atom stereocenters. The van der Waals surface area contributed by atoms with Crippen molar-refractivity contribution in [2.75, 3.05) is 12.4 Å². The van der Waals surface area contributed by atoms with Crippen molar-refractivity contribution in [3.8, 4) is 17.0 Å². The first-order valence-corrected chi connectivity index (χ1v) is 9.74. The number of nitrogens with one attached hydrogen (secondary N) is 1. The summed E-state index contributed by atoms with van der Waals surface area (Å²) in [6.07, 6.45) is 7.79. The van der Waals surface area contributed by atoms with Gasteiger partial charge in [0.2, 0.25) is 5.88 Å². The Kier molecular flexibility index (Phi) is 4.75. The summed E-state index contributed by atoms with van der Waals surface area (Å²) in [5.41, 5.74) is 3.79. The fraction of sp³-hybridized carbons (Fsp3) is 0.136. The summed E-state index contributed by atoms with van der Waals surface area (Å²) in [6, 6.07) is 13.8. The Morgan fingerprint density at radius 1 is 0.968 bits per heavy atom. The fourth-order valence-electron chi connectivity index (χ4n) is 3.46. The number of rotatable bonds is 6. The lowest BCUT2D eigenvalue weighted by molar-refractivity contribution is 0.393. The van der Waals surface area contributed by atoms with Gasteiger partial charge in [0.15, 0.2) is 5.65 Å². The van der Waals surface area contributed by atoms with E-state index in [0.29, 0.717) is 12.3 Å². The number of methoxy groups -OCH3 is 1. The molecule has 0 amide bonds. The van der Waals surface area contributed by atoms with Crippen molar-refractivity contribution in [2.24, 2.45) is 7.05 Å². The zero-order valence-electron chi connectivity index (χ0n) is 17.1. The minimum Gasteiger partial charge on any atom is -0.481 e. The first-order chi connectivity index (χ1) is 15.2. The molecule has 0 radical (unpaired) electrons. The van der Waals surface area contributed by atoms with Crippen molar-refractivity contribution in [1.29, 1.82) is 0 Å². The van der Waals surface area contributed by atoms with Crippen LogP contribution in [0.3, 0.4) is 0 Å². The SMILES string of the molecule is COc1ncccc1Cc1nnc2cc(-c3ccnc(Nc4ccnn4C)c3)ccn12. The molecule has 0 spiro atoms. The molecule has 0 aliphatic carbocycles. The Balaban J connectivity index is 1.43. The molecule has 5 rings (SSSR count). The second kappa shape index (κ2) is 7.86. The Morgan fingerprint density at radius 2 is 1.87 bits per heavy atom. The predicted octanol–water partition coefficient (Wildman–Crippen LogP) is 3.26. The zero-order chi connectivity index (χ0) is 21.2. The van der Waals surface area contributed by atoms with E-state index in [1.807, 2.05) is 60.1 Å². The van der Waals surface area contributed by atoms with E-state index in [-0.39, 0.29) is 0 Å². The smallest absolute Gasteiger partial charge is 0.216 e. The largest absolute Gasteiger partial charge is 0.481 e. The molecular formula is C22H20N8O. The quantitative estimate of drug-likeness (QED) is 0.457. The molecule has 9 heteroatoms. The standard InChI is InChI=1S/C22H20N8O/c1-29-19(6-10-25-29)26-18-12-15(5-9-23-18)16-7-11-30-20(13-16)27-28-21(30)14-17-4-3-8-24-22(17)31-2/h3-13H,14H2,1-2H3,(H,23,26). The first-order valence-electron chi connectivity index (χ1n) is 9.74. The number of nitrogens with zero attached hydrogens (tertiary/aromatic N) is 7. The Bertz CT molecular complexity index is 1360. The molecule has 0 aliphatic rings. The number of pyridine rings is 3. The molecule has 9 nitrogen and oxygen atoms in total. The molecule has 0 aliphatic heterocycles. The third kappa shape index (κ3) is 3.68. The average molecular weight is 412 g/mol. The van der Waals surface area contributed by atoms with Crippen LogP contribution >= 0.6 is 0 Å². The molecule has 1 N–H and O–H groups in total. The molecule has 5 heterocycles. The van der Waals surface area contributed by atoms with Crippen molar-refractivity contribution in [3.05, 3.63) is 78.6 Å². The number of anilines is 2. The third-order valence-electron chi connectivity index (χ3n) is 5.04. The number of aromatic nitrogens is 7. The summed E-state index contributed by atoms with van der Waals surface area (Å²) in [5, 5.41) is 16.2. The summed E-state index contributed by atoms with van der Waals surface area (Å²) in [6.45, 7) is 0. The van der Waals surface area contributed by atoms with Crippen LogP contribution < -0.4 is 10.1 Å². The number of hydrogen-bond acceptors (Lipinski definition) is 7. The fourth-order valence-corrected chi connectivity index (χ4v) is 3.46. The monoisotopic (exact) mass is 412 g/mol. The molecule has 0 atom stereocenters. The molecule has 5 aromatic rings. The lowest BCUT2D eigenvalue weighted by atomic mass is 10.1. The van der Waals surface area contributed by atoms with E-state index >= 15 is 0 Å². The molecule has 0 saturated carbocycles. The van der Waals surface area contributed by atoms with Gasteiger partial charge in [-0.1, -0.05) is 6.07 Å². The number of aryl methyl sites for hydroxylation is 1. The summed E-state index contributed by atoms with van der Waals surface area (Å²) >= 11 is 0. The Morgan fingerprint density at radius 3 is 2.71 bits per heavy atom. The van der Waals surface area contributed by atoms with Gasteiger partial charge in [0.05, 0.1) is 13.3 Å². The van der Waals surface area contributed by atoms with Crippen LogP contribution in [0.15, 0.2) is 67.3 Å². The van der Waals surface area contributed by atoms with E-state index in [2.05, 4.69) is 30.6 Å². The van der Waals surface area contributed by atoms with Gasteiger partial charge < -0.3 is 10.1 Å². The van der Waals surface area contributed by atoms with E-state index in [9.17, 15) is 0 Å². The van der Waals surface area contributed by atoms with Gasteiger partial charge in [0, 0.05) is 43.7 Å². The van der Waals surface area contributed by atoms with Gasteiger partial charge in [-0.25, -0.2) is 9.97 Å². The van der Waals surface area contributed by atoms with Crippen LogP contribution in [-0.2, 0) is 13.5 Å². The van der Waals surface area contributed by atoms with Gasteiger partial charge in [0.25, 0.3) is 0 Å². The predicted molar refractivity (Wildman–Crippen MR) is 116 cm³/mol. The van der Waals surface area contributed by atoms with Crippen molar-refractivity contribution in [3.63, 3.8) is 0 Å². The molecule has 154 valence electrons. The van der Waals surface area contributed by atoms with E-state index in [4.69, 9.17) is 4.74 Å². The molecule has 5 aromatic heterocycles. The maximum Gasteiger partial charge on any atom is 0.216 e. The first kappa shape index (κ1) is 18.7. The van der Waals surface area contributed by atoms with Gasteiger partial charge in [-0.3, -0.25) is 9.08 Å². The van der Waals surface area contributed by atoms with E-state index in [1.165, 1.54) is 0 Å². The Hall–Kier alpha value is -4.27. The second-order valence-electron chi connectivity index (χ2n) is 7.00. The van der Waals surface area contributed by atoms with Gasteiger partial charge in [-0.15, -0.1) is 10.2 Å². The molecular weight excluding hydrogens is 392 g/mol. The van der Waals surface area contributed by atoms with Crippen molar-refractivity contribution in [2.45, 2.75) is 6.42 Å². The minimum atomic E-state index is 0.575. The highest BCUT2D eigenvalue weighted by atomic mass is 16.5. The van der Waals surface area contributed by atoms with Crippen LogP contribution in [-0.4, -0.2) is 41.5 Å². The zero-order valence-corrected chi connectivity index (χ0v) is 17.1. The highest BCUT2D eigenvalue weighted by Gasteiger charge is 2.12. The average Bonchev–Trinajstić information content (AvgIpc) is 3.40. The van der Waals surface area contributed by atoms with Crippen LogP contribution in [0, 0.1) is 0 Å². The topological polar surface area (TPSA) is 95.1 Å². The Labute approximate surface area is 178 Å². The lowest BCUT2D eigenvalue weighted by Crippen LogP contribution is -2.01. The third-order valence-corrected chi connectivity index (χ3v) is 5.04. The van der Waals surface area contributed by atoms with Gasteiger partial charge >= 0.3 is 0 Å². The minimum absolute atomic E-state index is 0.575. The summed E-state index contributed by atoms with van der Waals surface area (Å²) in [7, 11) is 3.50. The van der Waals surface area contributed by atoms with Crippen LogP contribution in [0.5, 0.6) is 5.88 Å². The maximum absolute atomic E-state index is 5.35. The summed E-state index contributed by atoms with van der Waals surface area (Å²) in [5.74, 6) is 3.03. The number of hydrogen-bond donors (Lipinski definition) is 1. The van der Waals surface area contributed by atoms with Crippen LogP contribution in [0.1, 0.15) is 11.4 Å². The highest BCUT2D eigenvalue weighted by molar-refractivity contribution is 5.70. The highest BCUT2D eigenvalue weighted by Crippen LogP contribution is 2.25. The van der Waals surface area contributed by atoms with Crippen molar-refractivity contribution < 1.29 is 4.74 Å². The number of fused-ring (bicyclic) bond motifs is 1. The van der Waals surface area contributed by atoms with Crippen LogP contribution in [0.4, 0.5) is 11.6 Å². The van der Waals surface area contributed by atoms with E-state index in [0.717, 1.165) is 39.8 Å². The van der Waals surface area contributed by atoms with E-state index < -0.39 is 0 Å². The van der Waals surface area contributed by atoms with Crippen LogP contribution in [0.2, 0.25) is 0 Å². The molecule has 0 aromatic carbocycles. The van der Waals surface area contributed by atoms with E-state index in [1.54, 1.807) is 30.4 Å². The molecule has 31 heavy (non-hydrogen) atoms. The van der Waals surface area contributed by atoms with Crippen molar-refractivity contribution in [1.82, 2.24) is 34.3 Å². The van der Waals surface area contributed by atoms with Crippen LogP contribution in [0.25, 0.3) is 16.8 Å². The van der Waals surface area contributed by atoms with Gasteiger partial charge in [-0.05, 0) is 41.5 Å². The molecule has 0 bridgehead atoms. The summed E-state index contributed by atoms with van der Waals surface area (Å²) < 4.78 is 9.09. The normalized spacial score (nSPS) is 11.0. The lowest BCUT2D eigenvalue weighted by Gasteiger charge is -2.08. The second-order valence-corrected chi connectivity index (χ2v) is 7.00. The summed E-state index contributed by atoms with van der Waals surface area (Å²) in [4.78, 5) is 8.66. The molecule has 0 saturated heterocycles.